The average Bonchev–Trinajstić information content (AvgIpc) is 2.76. The lowest BCUT2D eigenvalue weighted by Gasteiger charge is -2.25. The summed E-state index contributed by atoms with van der Waals surface area (Å²) in [6.45, 7) is 7.28. The highest BCUT2D eigenvalue weighted by atomic mass is 19.1. The van der Waals surface area contributed by atoms with Crippen LogP contribution in [0, 0.1) is 24.1 Å². The number of halogens is 1. The summed E-state index contributed by atoms with van der Waals surface area (Å²) < 4.78 is 13.5. The van der Waals surface area contributed by atoms with Gasteiger partial charge in [-0.15, -0.1) is 0 Å². The quantitative estimate of drug-likeness (QED) is 0.898. The number of aryl methyl sites for hydroxylation is 1. The molecule has 5 heteroatoms. The van der Waals surface area contributed by atoms with Gasteiger partial charge in [0.25, 0.3) is 0 Å². The molecule has 1 aliphatic heterocycles. The Bertz CT molecular complexity index is 535. The van der Waals surface area contributed by atoms with Crippen molar-refractivity contribution in [2.45, 2.75) is 27.3 Å². The molecule has 2 atom stereocenters. The minimum absolute atomic E-state index is 0.0706. The molecule has 0 aliphatic carbocycles. The van der Waals surface area contributed by atoms with E-state index >= 15 is 0 Å². The second-order valence-electron chi connectivity index (χ2n) is 6.34. The van der Waals surface area contributed by atoms with Crippen LogP contribution in [0.1, 0.15) is 25.0 Å². The van der Waals surface area contributed by atoms with E-state index in [9.17, 15) is 14.3 Å². The van der Waals surface area contributed by atoms with E-state index in [-0.39, 0.29) is 29.8 Å². The van der Waals surface area contributed by atoms with E-state index in [0.29, 0.717) is 25.2 Å². The molecule has 2 amide bonds. The van der Waals surface area contributed by atoms with Crippen molar-refractivity contribution in [2.24, 2.45) is 11.3 Å². The molecule has 0 bridgehead atoms. The van der Waals surface area contributed by atoms with Gasteiger partial charge in [-0.25, -0.2) is 9.18 Å². The Kier molecular flexibility index (Phi) is 4.52. The van der Waals surface area contributed by atoms with E-state index in [1.54, 1.807) is 17.9 Å². The molecule has 1 fully saturated rings. The maximum Gasteiger partial charge on any atom is 0.317 e. The van der Waals surface area contributed by atoms with Crippen molar-refractivity contribution in [2.75, 3.05) is 19.7 Å². The summed E-state index contributed by atoms with van der Waals surface area (Å²) in [5.74, 6) is -0.00512. The predicted octanol–water partition coefficient (Wildman–Crippen LogP) is 2.29. The lowest BCUT2D eigenvalue weighted by molar-refractivity contribution is 0.119. The molecule has 2 rings (SSSR count). The third-order valence-corrected chi connectivity index (χ3v) is 4.56. The Labute approximate surface area is 125 Å². The van der Waals surface area contributed by atoms with Gasteiger partial charge < -0.3 is 15.3 Å². The number of hydrogen-bond acceptors (Lipinski definition) is 2. The number of amides is 2. The van der Waals surface area contributed by atoms with Crippen LogP contribution in [0.4, 0.5) is 9.18 Å². The minimum Gasteiger partial charge on any atom is -0.396 e. The van der Waals surface area contributed by atoms with Crippen LogP contribution in [0.5, 0.6) is 0 Å². The van der Waals surface area contributed by atoms with Crippen LogP contribution < -0.4 is 5.32 Å². The number of nitrogens with one attached hydrogen (secondary N) is 1. The Hall–Kier alpha value is -1.62. The topological polar surface area (TPSA) is 52.6 Å². The van der Waals surface area contributed by atoms with Gasteiger partial charge in [0.15, 0.2) is 0 Å². The number of urea groups is 1. The zero-order valence-corrected chi connectivity index (χ0v) is 12.8. The first-order valence-corrected chi connectivity index (χ1v) is 7.24. The average molecular weight is 294 g/mol. The smallest absolute Gasteiger partial charge is 0.317 e. The third-order valence-electron chi connectivity index (χ3n) is 4.56. The van der Waals surface area contributed by atoms with Crippen LogP contribution in [0.2, 0.25) is 0 Å². The first kappa shape index (κ1) is 15.8. The minimum atomic E-state index is -0.260. The standard InChI is InChI=1S/C16H23FN2O2/c1-11-4-5-13(6-14(11)17)7-18-15(21)19-8-12(2)16(3,9-19)10-20/h4-6,12,20H,7-10H2,1-3H3,(H,18,21). The van der Waals surface area contributed by atoms with Crippen LogP contribution in [0.25, 0.3) is 0 Å². The second-order valence-corrected chi connectivity index (χ2v) is 6.34. The first-order valence-electron chi connectivity index (χ1n) is 7.24. The van der Waals surface area contributed by atoms with Crippen LogP contribution in [-0.4, -0.2) is 35.7 Å². The second kappa shape index (κ2) is 6.02. The number of rotatable bonds is 3. The Balaban J connectivity index is 1.92. The van der Waals surface area contributed by atoms with Gasteiger partial charge in [-0.2, -0.15) is 0 Å². The predicted molar refractivity (Wildman–Crippen MR) is 79.3 cm³/mol. The summed E-state index contributed by atoms with van der Waals surface area (Å²) in [6, 6.07) is 4.79. The maximum atomic E-state index is 13.5. The van der Waals surface area contributed by atoms with Gasteiger partial charge >= 0.3 is 6.03 Å². The monoisotopic (exact) mass is 294 g/mol. The van der Waals surface area contributed by atoms with Gasteiger partial charge in [0.2, 0.25) is 0 Å². The molecule has 0 spiro atoms. The Morgan fingerprint density at radius 3 is 2.86 bits per heavy atom. The van der Waals surface area contributed by atoms with E-state index < -0.39 is 0 Å². The molecule has 2 unspecified atom stereocenters. The Morgan fingerprint density at radius 2 is 2.29 bits per heavy atom. The number of nitrogens with zero attached hydrogens (tertiary/aromatic N) is 1. The van der Waals surface area contributed by atoms with Crippen LogP contribution in [-0.2, 0) is 6.54 Å². The normalized spacial score (nSPS) is 25.2. The summed E-state index contributed by atoms with van der Waals surface area (Å²) in [5.41, 5.74) is 1.09. The molecule has 0 aromatic heterocycles. The highest BCUT2D eigenvalue weighted by Crippen LogP contribution is 2.34. The van der Waals surface area contributed by atoms with Crippen molar-refractivity contribution >= 4 is 6.03 Å². The summed E-state index contributed by atoms with van der Waals surface area (Å²) in [5, 5.41) is 12.3. The molecule has 1 aromatic rings. The van der Waals surface area contributed by atoms with Gasteiger partial charge in [0.05, 0.1) is 6.61 Å². The zero-order chi connectivity index (χ0) is 15.6. The van der Waals surface area contributed by atoms with Crippen molar-refractivity contribution < 1.29 is 14.3 Å². The molecule has 1 aromatic carbocycles. The summed E-state index contributed by atoms with van der Waals surface area (Å²) in [7, 11) is 0. The number of carbonyl (C=O) groups is 1. The van der Waals surface area contributed by atoms with Gasteiger partial charge in [-0.1, -0.05) is 26.0 Å². The molecular formula is C16H23FN2O2. The Morgan fingerprint density at radius 1 is 1.57 bits per heavy atom. The first-order chi connectivity index (χ1) is 9.85. The molecule has 21 heavy (non-hydrogen) atoms. The summed E-state index contributed by atoms with van der Waals surface area (Å²) in [4.78, 5) is 13.9. The van der Waals surface area contributed by atoms with Gasteiger partial charge in [-0.3, -0.25) is 0 Å². The molecule has 4 nitrogen and oxygen atoms in total. The van der Waals surface area contributed by atoms with Crippen LogP contribution in [0.15, 0.2) is 18.2 Å². The molecule has 2 N–H and O–H groups in total. The third kappa shape index (κ3) is 3.35. The zero-order valence-electron chi connectivity index (χ0n) is 12.8. The SMILES string of the molecule is Cc1ccc(CNC(=O)N2CC(C)C(C)(CO)C2)cc1F. The molecule has 1 aliphatic rings. The van der Waals surface area contributed by atoms with Crippen LogP contribution in [0.3, 0.4) is 0 Å². The van der Waals surface area contributed by atoms with Crippen molar-refractivity contribution in [1.82, 2.24) is 10.2 Å². The lowest BCUT2D eigenvalue weighted by atomic mass is 9.82. The number of likely N-dealkylation sites (tertiary alicyclic amines) is 1. The van der Waals surface area contributed by atoms with Crippen molar-refractivity contribution in [1.29, 1.82) is 0 Å². The fourth-order valence-corrected chi connectivity index (χ4v) is 2.60. The molecule has 0 saturated carbocycles. The highest BCUT2D eigenvalue weighted by Gasteiger charge is 2.41. The largest absolute Gasteiger partial charge is 0.396 e. The van der Waals surface area contributed by atoms with E-state index in [1.807, 2.05) is 19.9 Å². The number of aliphatic hydroxyl groups excluding tert-OH is 1. The summed E-state index contributed by atoms with van der Waals surface area (Å²) >= 11 is 0. The van der Waals surface area contributed by atoms with Gasteiger partial charge in [0, 0.05) is 25.0 Å². The lowest BCUT2D eigenvalue weighted by Crippen LogP contribution is -2.39. The fourth-order valence-electron chi connectivity index (χ4n) is 2.60. The molecular weight excluding hydrogens is 271 g/mol. The van der Waals surface area contributed by atoms with E-state index in [0.717, 1.165) is 5.56 Å². The van der Waals surface area contributed by atoms with Crippen LogP contribution >= 0.6 is 0 Å². The van der Waals surface area contributed by atoms with Gasteiger partial charge in [0.1, 0.15) is 5.82 Å². The molecule has 1 saturated heterocycles. The van der Waals surface area contributed by atoms with E-state index in [2.05, 4.69) is 5.32 Å². The highest BCUT2D eigenvalue weighted by molar-refractivity contribution is 5.74. The number of carbonyl (C=O) groups excluding carboxylic acids is 1. The van der Waals surface area contributed by atoms with E-state index in [4.69, 9.17) is 0 Å². The van der Waals surface area contributed by atoms with E-state index in [1.165, 1.54) is 6.07 Å². The van der Waals surface area contributed by atoms with Gasteiger partial charge in [-0.05, 0) is 30.0 Å². The van der Waals surface area contributed by atoms with Crippen molar-refractivity contribution in [3.63, 3.8) is 0 Å². The number of aliphatic hydroxyl groups is 1. The maximum absolute atomic E-state index is 13.5. The molecule has 116 valence electrons. The fraction of sp³-hybridized carbons (Fsp3) is 0.562. The van der Waals surface area contributed by atoms with Crippen molar-refractivity contribution in [3.05, 3.63) is 35.1 Å². The summed E-state index contributed by atoms with van der Waals surface area (Å²) in [6.07, 6.45) is 0. The van der Waals surface area contributed by atoms with Crippen molar-refractivity contribution in [3.8, 4) is 0 Å². The molecule has 0 radical (unpaired) electrons. The molecule has 1 heterocycles. The number of benzene rings is 1. The number of hydrogen-bond donors (Lipinski definition) is 2.